The molecule has 0 bridgehead atoms. The molecule has 0 unspecified atom stereocenters. The monoisotopic (exact) mass is 256 g/mol. The van der Waals surface area contributed by atoms with Crippen molar-refractivity contribution in [3.63, 3.8) is 0 Å². The molecule has 0 spiro atoms. The van der Waals surface area contributed by atoms with Gasteiger partial charge in [-0.25, -0.2) is 0 Å². The Morgan fingerprint density at radius 2 is 2.07 bits per heavy atom. The van der Waals surface area contributed by atoms with Gasteiger partial charge in [0.15, 0.2) is 0 Å². The first-order valence-electron chi connectivity index (χ1n) is 4.95. The van der Waals surface area contributed by atoms with Crippen LogP contribution in [-0.2, 0) is 0 Å². The number of halogens is 1. The first-order chi connectivity index (χ1) is 6.59. The summed E-state index contributed by atoms with van der Waals surface area (Å²) >= 11 is 3.39. The normalized spacial score (nSPS) is 13.2. The lowest BCUT2D eigenvalue weighted by Crippen LogP contribution is -2.11. The third-order valence-electron chi connectivity index (χ3n) is 2.21. The zero-order valence-corrected chi connectivity index (χ0v) is 10.3. The molecule has 1 rings (SSSR count). The molecule has 1 heterocycles. The lowest BCUT2D eigenvalue weighted by Gasteiger charge is -2.13. The van der Waals surface area contributed by atoms with Crippen molar-refractivity contribution >= 4 is 15.9 Å². The minimum Gasteiger partial charge on any atom is -0.324 e. The van der Waals surface area contributed by atoms with Gasteiger partial charge in [-0.3, -0.25) is 4.98 Å². The van der Waals surface area contributed by atoms with E-state index < -0.39 is 0 Å². The van der Waals surface area contributed by atoms with Crippen molar-refractivity contribution in [3.8, 4) is 0 Å². The lowest BCUT2D eigenvalue weighted by molar-refractivity contribution is 0.506. The molecule has 1 aromatic heterocycles. The van der Waals surface area contributed by atoms with Crippen molar-refractivity contribution < 1.29 is 0 Å². The summed E-state index contributed by atoms with van der Waals surface area (Å²) in [7, 11) is 0. The number of hydrogen-bond acceptors (Lipinski definition) is 2. The highest BCUT2D eigenvalue weighted by atomic mass is 79.9. The van der Waals surface area contributed by atoms with Crippen molar-refractivity contribution in [1.29, 1.82) is 0 Å². The van der Waals surface area contributed by atoms with E-state index in [1.807, 2.05) is 12.3 Å². The van der Waals surface area contributed by atoms with Crippen molar-refractivity contribution in [1.82, 2.24) is 4.98 Å². The molecular weight excluding hydrogens is 240 g/mol. The summed E-state index contributed by atoms with van der Waals surface area (Å²) in [6.07, 6.45) is 5.80. The van der Waals surface area contributed by atoms with Crippen LogP contribution in [0.1, 0.15) is 38.3 Å². The van der Waals surface area contributed by atoms with E-state index in [9.17, 15) is 0 Å². The second-order valence-corrected chi connectivity index (χ2v) is 4.93. The van der Waals surface area contributed by atoms with E-state index in [1.54, 1.807) is 6.20 Å². The highest BCUT2D eigenvalue weighted by molar-refractivity contribution is 9.10. The van der Waals surface area contributed by atoms with Gasteiger partial charge in [0.1, 0.15) is 0 Å². The first kappa shape index (κ1) is 11.7. The molecule has 0 amide bonds. The van der Waals surface area contributed by atoms with Crippen LogP contribution in [0.15, 0.2) is 22.9 Å². The molecule has 0 fully saturated rings. The van der Waals surface area contributed by atoms with Gasteiger partial charge >= 0.3 is 0 Å². The molecular formula is C11H17BrN2. The average molecular weight is 257 g/mol. The fraction of sp³-hybridized carbons (Fsp3) is 0.545. The van der Waals surface area contributed by atoms with E-state index in [0.29, 0.717) is 5.92 Å². The van der Waals surface area contributed by atoms with Gasteiger partial charge in [0, 0.05) is 22.9 Å². The van der Waals surface area contributed by atoms with Crippen LogP contribution in [0, 0.1) is 5.92 Å². The summed E-state index contributed by atoms with van der Waals surface area (Å²) in [4.78, 5) is 4.11. The highest BCUT2D eigenvalue weighted by Gasteiger charge is 2.07. The summed E-state index contributed by atoms with van der Waals surface area (Å²) in [5.74, 6) is 0.709. The maximum Gasteiger partial charge on any atom is 0.0410 e. The minimum atomic E-state index is 0.113. The van der Waals surface area contributed by atoms with Crippen LogP contribution in [0.4, 0.5) is 0 Å². The topological polar surface area (TPSA) is 38.9 Å². The maximum atomic E-state index is 6.05. The zero-order valence-electron chi connectivity index (χ0n) is 8.70. The van der Waals surface area contributed by atoms with Crippen LogP contribution in [0.25, 0.3) is 0 Å². The third-order valence-corrected chi connectivity index (χ3v) is 2.64. The summed E-state index contributed by atoms with van der Waals surface area (Å²) in [6.45, 7) is 4.43. The molecule has 0 aromatic carbocycles. The quantitative estimate of drug-likeness (QED) is 0.898. The van der Waals surface area contributed by atoms with Gasteiger partial charge in [-0.2, -0.15) is 0 Å². The molecule has 78 valence electrons. The van der Waals surface area contributed by atoms with E-state index in [4.69, 9.17) is 5.73 Å². The van der Waals surface area contributed by atoms with E-state index in [0.717, 1.165) is 22.9 Å². The molecule has 1 aromatic rings. The molecule has 0 saturated carbocycles. The van der Waals surface area contributed by atoms with Gasteiger partial charge in [0.2, 0.25) is 0 Å². The number of rotatable bonds is 4. The van der Waals surface area contributed by atoms with E-state index in [2.05, 4.69) is 34.8 Å². The van der Waals surface area contributed by atoms with E-state index in [1.165, 1.54) is 0 Å². The molecule has 0 saturated heterocycles. The molecule has 0 radical (unpaired) electrons. The van der Waals surface area contributed by atoms with Crippen molar-refractivity contribution in [2.24, 2.45) is 11.7 Å². The van der Waals surface area contributed by atoms with Crippen LogP contribution >= 0.6 is 15.9 Å². The largest absolute Gasteiger partial charge is 0.324 e. The number of pyridine rings is 1. The SMILES string of the molecule is CC(C)CC[C@@H](N)c1cncc(Br)c1. The zero-order chi connectivity index (χ0) is 10.6. The fourth-order valence-electron chi connectivity index (χ4n) is 1.31. The Kier molecular flexibility index (Phi) is 4.55. The standard InChI is InChI=1S/C11H17BrN2/c1-8(2)3-4-11(13)9-5-10(12)7-14-6-9/h5-8,11H,3-4,13H2,1-2H3/t11-/m1/s1. The molecule has 0 aliphatic carbocycles. The number of nitrogens with zero attached hydrogens (tertiary/aromatic N) is 1. The van der Waals surface area contributed by atoms with Gasteiger partial charge in [0.25, 0.3) is 0 Å². The lowest BCUT2D eigenvalue weighted by atomic mass is 10.00. The first-order valence-corrected chi connectivity index (χ1v) is 5.75. The molecule has 2 N–H and O–H groups in total. The maximum absolute atomic E-state index is 6.05. The van der Waals surface area contributed by atoms with Gasteiger partial charge in [-0.05, 0) is 46.3 Å². The van der Waals surface area contributed by atoms with Crippen LogP contribution in [-0.4, -0.2) is 4.98 Å². The fourth-order valence-corrected chi connectivity index (χ4v) is 1.69. The van der Waals surface area contributed by atoms with Crippen LogP contribution in [0.5, 0.6) is 0 Å². The summed E-state index contributed by atoms with van der Waals surface area (Å²) in [6, 6.07) is 2.15. The Balaban J connectivity index is 2.56. The third kappa shape index (κ3) is 3.76. The Labute approximate surface area is 94.0 Å². The van der Waals surface area contributed by atoms with Crippen LogP contribution in [0.3, 0.4) is 0 Å². The predicted octanol–water partition coefficient (Wildman–Crippen LogP) is 3.28. The molecule has 2 nitrogen and oxygen atoms in total. The second-order valence-electron chi connectivity index (χ2n) is 4.01. The Morgan fingerprint density at radius 3 is 2.64 bits per heavy atom. The average Bonchev–Trinajstić information content (AvgIpc) is 2.14. The number of aromatic nitrogens is 1. The molecule has 0 aliphatic heterocycles. The molecule has 0 aliphatic rings. The van der Waals surface area contributed by atoms with E-state index in [-0.39, 0.29) is 6.04 Å². The Bertz CT molecular complexity index is 286. The van der Waals surface area contributed by atoms with Gasteiger partial charge in [0.05, 0.1) is 0 Å². The van der Waals surface area contributed by atoms with Gasteiger partial charge in [-0.1, -0.05) is 13.8 Å². The van der Waals surface area contributed by atoms with E-state index >= 15 is 0 Å². The van der Waals surface area contributed by atoms with Crippen molar-refractivity contribution in [2.45, 2.75) is 32.7 Å². The highest BCUT2D eigenvalue weighted by Crippen LogP contribution is 2.20. The van der Waals surface area contributed by atoms with Crippen molar-refractivity contribution in [2.75, 3.05) is 0 Å². The van der Waals surface area contributed by atoms with Crippen LogP contribution in [0.2, 0.25) is 0 Å². The number of hydrogen-bond donors (Lipinski definition) is 1. The van der Waals surface area contributed by atoms with Gasteiger partial charge in [-0.15, -0.1) is 0 Å². The van der Waals surface area contributed by atoms with Gasteiger partial charge < -0.3 is 5.73 Å². The Hall–Kier alpha value is -0.410. The summed E-state index contributed by atoms with van der Waals surface area (Å²) in [5, 5.41) is 0. The predicted molar refractivity (Wildman–Crippen MR) is 62.9 cm³/mol. The second kappa shape index (κ2) is 5.47. The Morgan fingerprint density at radius 1 is 1.36 bits per heavy atom. The molecule has 14 heavy (non-hydrogen) atoms. The summed E-state index contributed by atoms with van der Waals surface area (Å²) in [5.41, 5.74) is 7.16. The van der Waals surface area contributed by atoms with Crippen LogP contribution < -0.4 is 5.73 Å². The smallest absolute Gasteiger partial charge is 0.0410 e. The molecule has 3 heteroatoms. The van der Waals surface area contributed by atoms with Crippen molar-refractivity contribution in [3.05, 3.63) is 28.5 Å². The minimum absolute atomic E-state index is 0.113. The number of nitrogens with two attached hydrogens (primary N) is 1. The summed E-state index contributed by atoms with van der Waals surface area (Å²) < 4.78 is 0.995. The molecule has 1 atom stereocenters.